The molecule has 0 aliphatic heterocycles. The molecule has 0 atom stereocenters. The summed E-state index contributed by atoms with van der Waals surface area (Å²) in [5.41, 5.74) is 0.676. The van der Waals surface area contributed by atoms with Crippen molar-refractivity contribution in [3.8, 4) is 5.75 Å². The maximum absolute atomic E-state index is 11.5. The summed E-state index contributed by atoms with van der Waals surface area (Å²) in [4.78, 5) is 24.2. The van der Waals surface area contributed by atoms with Crippen LogP contribution < -0.4 is 10.1 Å². The van der Waals surface area contributed by atoms with Crippen molar-refractivity contribution in [2.75, 3.05) is 26.0 Å². The molecule has 0 saturated carbocycles. The number of hydrogen-bond donors (Lipinski definition) is 1. The number of ether oxygens (including phenoxy) is 1. The molecule has 1 N–H and O–H groups in total. The fraction of sp³-hybridized carbons (Fsp3) is 0.385. The Labute approximate surface area is 119 Å². The first-order valence-electron chi connectivity index (χ1n) is 5.70. The zero-order valence-electron chi connectivity index (χ0n) is 11.3. The fourth-order valence-corrected chi connectivity index (χ4v) is 1.31. The molecule has 0 bridgehead atoms. The molecule has 0 fully saturated rings. The predicted molar refractivity (Wildman–Crippen MR) is 76.8 cm³/mol. The summed E-state index contributed by atoms with van der Waals surface area (Å²) < 4.78 is 5.15. The molecule has 1 amide bonds. The Hall–Kier alpha value is -1.59. The second kappa shape index (κ2) is 8.50. The van der Waals surface area contributed by atoms with E-state index >= 15 is 0 Å². The van der Waals surface area contributed by atoms with E-state index in [2.05, 4.69) is 5.32 Å². The average molecular weight is 287 g/mol. The zero-order chi connectivity index (χ0) is 13.5. The summed E-state index contributed by atoms with van der Waals surface area (Å²) in [5.74, 6) is 0.0783. The molecule has 1 aromatic rings. The molecule has 0 saturated heterocycles. The van der Waals surface area contributed by atoms with E-state index in [1.54, 1.807) is 24.3 Å². The van der Waals surface area contributed by atoms with Crippen molar-refractivity contribution in [1.29, 1.82) is 0 Å². The lowest BCUT2D eigenvalue weighted by molar-refractivity contribution is -0.134. The molecule has 0 aromatic heterocycles. The molecule has 0 aliphatic carbocycles. The molecule has 0 heterocycles. The lowest BCUT2D eigenvalue weighted by Crippen LogP contribution is -2.19. The maximum atomic E-state index is 11.5. The van der Waals surface area contributed by atoms with Crippen molar-refractivity contribution < 1.29 is 14.3 Å². The number of anilines is 1. The van der Waals surface area contributed by atoms with E-state index in [4.69, 9.17) is 4.74 Å². The summed E-state index contributed by atoms with van der Waals surface area (Å²) in [7, 11) is 3.80. The lowest BCUT2D eigenvalue weighted by atomic mass is 10.3. The van der Waals surface area contributed by atoms with Crippen LogP contribution in [0.15, 0.2) is 24.3 Å². The number of nitrogens with one attached hydrogen (secondary N) is 1. The summed E-state index contributed by atoms with van der Waals surface area (Å²) in [6.07, 6.45) is 0.348. The quantitative estimate of drug-likeness (QED) is 0.664. The summed E-state index contributed by atoms with van der Waals surface area (Å²) in [6.45, 7) is 2.10. The Morgan fingerprint density at radius 3 is 2.26 bits per heavy atom. The molecule has 106 valence electrons. The van der Waals surface area contributed by atoms with Gasteiger partial charge in [-0.1, -0.05) is 0 Å². The van der Waals surface area contributed by atoms with Crippen molar-refractivity contribution in [2.45, 2.75) is 13.3 Å². The highest BCUT2D eigenvalue weighted by Crippen LogP contribution is 2.16. The van der Waals surface area contributed by atoms with Gasteiger partial charge in [0.05, 0.1) is 6.42 Å². The first kappa shape index (κ1) is 17.4. The van der Waals surface area contributed by atoms with Gasteiger partial charge in [0.15, 0.2) is 0 Å². The van der Waals surface area contributed by atoms with Crippen LogP contribution in [0.3, 0.4) is 0 Å². The number of amides is 1. The molecule has 1 aromatic carbocycles. The van der Waals surface area contributed by atoms with Crippen LogP contribution >= 0.6 is 12.4 Å². The minimum Gasteiger partial charge on any atom is -0.426 e. The normalized spacial score (nSPS) is 9.68. The molecule has 0 radical (unpaired) electrons. The Morgan fingerprint density at radius 2 is 1.79 bits per heavy atom. The van der Waals surface area contributed by atoms with Gasteiger partial charge in [-0.15, -0.1) is 12.4 Å². The van der Waals surface area contributed by atoms with E-state index in [9.17, 15) is 9.59 Å². The third-order valence-corrected chi connectivity index (χ3v) is 2.17. The van der Waals surface area contributed by atoms with E-state index in [1.165, 1.54) is 6.92 Å². The SMILES string of the molecule is CC(=O)Nc1ccc(OC(=O)CCN(C)C)cc1.Cl. The first-order chi connectivity index (χ1) is 8.47. The third kappa shape index (κ3) is 7.43. The zero-order valence-corrected chi connectivity index (χ0v) is 12.1. The topological polar surface area (TPSA) is 58.6 Å². The Morgan fingerprint density at radius 1 is 1.21 bits per heavy atom. The van der Waals surface area contributed by atoms with Gasteiger partial charge in [-0.25, -0.2) is 0 Å². The van der Waals surface area contributed by atoms with Crippen LogP contribution in [-0.2, 0) is 9.59 Å². The van der Waals surface area contributed by atoms with Gasteiger partial charge >= 0.3 is 5.97 Å². The number of carbonyl (C=O) groups excluding carboxylic acids is 2. The number of hydrogen-bond acceptors (Lipinski definition) is 4. The van der Waals surface area contributed by atoms with Gasteiger partial charge in [0, 0.05) is 19.2 Å². The van der Waals surface area contributed by atoms with Crippen LogP contribution in [0.25, 0.3) is 0 Å². The van der Waals surface area contributed by atoms with Gasteiger partial charge in [-0.2, -0.15) is 0 Å². The molecular weight excluding hydrogens is 268 g/mol. The molecule has 6 heteroatoms. The van der Waals surface area contributed by atoms with Crippen LogP contribution in [0.2, 0.25) is 0 Å². The number of benzene rings is 1. The van der Waals surface area contributed by atoms with Crippen LogP contribution in [-0.4, -0.2) is 37.4 Å². The molecule has 0 spiro atoms. The van der Waals surface area contributed by atoms with Gasteiger partial charge < -0.3 is 15.0 Å². The van der Waals surface area contributed by atoms with Crippen LogP contribution in [0.4, 0.5) is 5.69 Å². The fourth-order valence-electron chi connectivity index (χ4n) is 1.31. The third-order valence-electron chi connectivity index (χ3n) is 2.17. The van der Waals surface area contributed by atoms with E-state index < -0.39 is 0 Å². The van der Waals surface area contributed by atoms with Crippen molar-refractivity contribution in [1.82, 2.24) is 4.90 Å². The maximum Gasteiger partial charge on any atom is 0.312 e. The van der Waals surface area contributed by atoms with Crippen molar-refractivity contribution >= 4 is 30.0 Å². The van der Waals surface area contributed by atoms with Crippen LogP contribution in [0.1, 0.15) is 13.3 Å². The minimum atomic E-state index is -0.268. The van der Waals surface area contributed by atoms with Gasteiger partial charge in [0.2, 0.25) is 5.91 Å². The number of nitrogens with zero attached hydrogens (tertiary/aromatic N) is 1. The Bertz CT molecular complexity index is 418. The Kier molecular flexibility index (Phi) is 7.79. The molecule has 0 aliphatic rings. The van der Waals surface area contributed by atoms with E-state index in [0.717, 1.165) is 0 Å². The molecular formula is C13H19ClN2O3. The monoisotopic (exact) mass is 286 g/mol. The summed E-state index contributed by atoms with van der Waals surface area (Å²) in [5, 5.41) is 2.64. The first-order valence-corrected chi connectivity index (χ1v) is 5.70. The Balaban J connectivity index is 0.00000324. The highest BCUT2D eigenvalue weighted by Gasteiger charge is 2.05. The van der Waals surface area contributed by atoms with Gasteiger partial charge in [-0.3, -0.25) is 9.59 Å². The molecule has 0 unspecified atom stereocenters. The predicted octanol–water partition coefficient (Wildman–Crippen LogP) is 1.92. The average Bonchev–Trinajstić information content (AvgIpc) is 2.28. The van der Waals surface area contributed by atoms with Crippen LogP contribution in [0.5, 0.6) is 5.75 Å². The van der Waals surface area contributed by atoms with E-state index in [-0.39, 0.29) is 24.3 Å². The number of esters is 1. The molecule has 19 heavy (non-hydrogen) atoms. The van der Waals surface area contributed by atoms with Crippen molar-refractivity contribution in [3.63, 3.8) is 0 Å². The lowest BCUT2D eigenvalue weighted by Gasteiger charge is -2.09. The highest BCUT2D eigenvalue weighted by molar-refractivity contribution is 5.88. The van der Waals surface area contributed by atoms with E-state index in [0.29, 0.717) is 24.4 Å². The number of rotatable bonds is 5. The molecule has 5 nitrogen and oxygen atoms in total. The standard InChI is InChI=1S/C13H18N2O3.ClH/c1-10(16)14-11-4-6-12(7-5-11)18-13(17)8-9-15(2)3;/h4-7H,8-9H2,1-3H3,(H,14,16);1H. The highest BCUT2D eigenvalue weighted by atomic mass is 35.5. The van der Waals surface area contributed by atoms with Gasteiger partial charge in [-0.05, 0) is 38.4 Å². The number of carbonyl (C=O) groups is 2. The largest absolute Gasteiger partial charge is 0.426 e. The minimum absolute atomic E-state index is 0. The van der Waals surface area contributed by atoms with Gasteiger partial charge in [0.25, 0.3) is 0 Å². The van der Waals surface area contributed by atoms with Crippen LogP contribution in [0, 0.1) is 0 Å². The second-order valence-corrected chi connectivity index (χ2v) is 4.23. The smallest absolute Gasteiger partial charge is 0.312 e. The second-order valence-electron chi connectivity index (χ2n) is 4.23. The van der Waals surface area contributed by atoms with E-state index in [1.807, 2.05) is 19.0 Å². The summed E-state index contributed by atoms with van der Waals surface area (Å²) >= 11 is 0. The van der Waals surface area contributed by atoms with Crippen molar-refractivity contribution in [3.05, 3.63) is 24.3 Å². The molecule has 1 rings (SSSR count). The summed E-state index contributed by atoms with van der Waals surface area (Å²) in [6, 6.07) is 6.68. The number of halogens is 1. The van der Waals surface area contributed by atoms with Crippen molar-refractivity contribution in [2.24, 2.45) is 0 Å². The van der Waals surface area contributed by atoms with Gasteiger partial charge in [0.1, 0.15) is 5.75 Å².